The summed E-state index contributed by atoms with van der Waals surface area (Å²) in [5.74, 6) is -1.78. The average molecular weight is 478 g/mol. The van der Waals surface area contributed by atoms with E-state index in [1.807, 2.05) is 4.90 Å². The number of halogens is 2. The van der Waals surface area contributed by atoms with Crippen LogP contribution in [-0.2, 0) is 4.79 Å². The molecule has 3 heterocycles. The first-order valence-electron chi connectivity index (χ1n) is 11.1. The van der Waals surface area contributed by atoms with Crippen molar-refractivity contribution in [2.75, 3.05) is 37.5 Å². The third-order valence-electron chi connectivity index (χ3n) is 7.10. The standard InChI is InChI=1S/C23H25ClFN3O5/c1-33-22-19-14(21(30)15(23(31)32)10-28(19)13-4-5-13)7-16(25)20(22)26-9-12-3-2-6-27(17(12)11-26)18(29)8-24/h7,10,12-13,17H,2-6,8-9,11H2,1H3,(H,31,32). The van der Waals surface area contributed by atoms with E-state index in [9.17, 15) is 19.5 Å². The van der Waals surface area contributed by atoms with Gasteiger partial charge in [-0.3, -0.25) is 9.59 Å². The van der Waals surface area contributed by atoms with Crippen molar-refractivity contribution in [3.8, 4) is 5.75 Å². The van der Waals surface area contributed by atoms with E-state index < -0.39 is 17.2 Å². The van der Waals surface area contributed by atoms with Crippen LogP contribution in [0.3, 0.4) is 0 Å². The Labute approximate surface area is 194 Å². The molecule has 1 aromatic carbocycles. The van der Waals surface area contributed by atoms with Crippen molar-refractivity contribution < 1.29 is 23.8 Å². The van der Waals surface area contributed by atoms with E-state index in [1.165, 1.54) is 13.3 Å². The highest BCUT2D eigenvalue weighted by Gasteiger charge is 2.42. The molecule has 2 unspecified atom stereocenters. The number of fused-ring (bicyclic) bond motifs is 2. The molecule has 2 atom stereocenters. The number of benzene rings is 1. The van der Waals surface area contributed by atoms with Gasteiger partial charge in [0.2, 0.25) is 11.3 Å². The molecule has 0 bridgehead atoms. The first-order valence-corrected chi connectivity index (χ1v) is 11.7. The number of carbonyl (C=O) groups is 2. The number of hydrogen-bond acceptors (Lipinski definition) is 5. The second-order valence-electron chi connectivity index (χ2n) is 9.05. The number of carboxylic acids is 1. The van der Waals surface area contributed by atoms with Crippen LogP contribution in [0.5, 0.6) is 5.75 Å². The molecule has 1 N–H and O–H groups in total. The molecule has 33 heavy (non-hydrogen) atoms. The van der Waals surface area contributed by atoms with Gasteiger partial charge in [-0.2, -0.15) is 0 Å². The maximum Gasteiger partial charge on any atom is 0.341 e. The molecule has 1 aliphatic carbocycles. The van der Waals surface area contributed by atoms with Gasteiger partial charge in [-0.25, -0.2) is 9.18 Å². The molecule has 1 saturated carbocycles. The molecule has 3 fully saturated rings. The summed E-state index contributed by atoms with van der Waals surface area (Å²) < 4.78 is 23.0. The number of methoxy groups -OCH3 is 1. The number of anilines is 1. The quantitative estimate of drug-likeness (QED) is 0.666. The Kier molecular flexibility index (Phi) is 5.47. The van der Waals surface area contributed by atoms with Gasteiger partial charge in [-0.15, -0.1) is 11.6 Å². The van der Waals surface area contributed by atoms with Gasteiger partial charge >= 0.3 is 5.97 Å². The molecule has 176 valence electrons. The van der Waals surface area contributed by atoms with Crippen molar-refractivity contribution in [2.24, 2.45) is 5.92 Å². The molecule has 1 amide bonds. The maximum absolute atomic E-state index is 15.6. The molecule has 1 aromatic heterocycles. The number of amides is 1. The second-order valence-corrected chi connectivity index (χ2v) is 9.31. The first-order chi connectivity index (χ1) is 15.8. The van der Waals surface area contributed by atoms with Gasteiger partial charge in [0.25, 0.3) is 0 Å². The van der Waals surface area contributed by atoms with E-state index in [1.54, 1.807) is 9.47 Å². The Balaban J connectivity index is 1.66. The summed E-state index contributed by atoms with van der Waals surface area (Å²) in [6.45, 7) is 1.63. The molecule has 2 saturated heterocycles. The molecule has 10 heteroatoms. The van der Waals surface area contributed by atoms with Gasteiger partial charge < -0.3 is 24.2 Å². The van der Waals surface area contributed by atoms with Crippen LogP contribution in [0.15, 0.2) is 17.1 Å². The third-order valence-corrected chi connectivity index (χ3v) is 7.33. The Hall–Kier alpha value is -2.81. The molecule has 2 aliphatic heterocycles. The van der Waals surface area contributed by atoms with Crippen LogP contribution in [0.2, 0.25) is 0 Å². The highest BCUT2D eigenvalue weighted by Crippen LogP contribution is 2.45. The lowest BCUT2D eigenvalue weighted by Crippen LogP contribution is -2.49. The topological polar surface area (TPSA) is 92.1 Å². The van der Waals surface area contributed by atoms with Crippen LogP contribution < -0.4 is 15.1 Å². The molecule has 0 spiro atoms. The minimum Gasteiger partial charge on any atom is -0.492 e. The van der Waals surface area contributed by atoms with Gasteiger partial charge in [0, 0.05) is 31.9 Å². The number of likely N-dealkylation sites (tertiary alicyclic amines) is 1. The van der Waals surface area contributed by atoms with Crippen molar-refractivity contribution in [1.29, 1.82) is 0 Å². The number of rotatable bonds is 5. The number of aromatic nitrogens is 1. The van der Waals surface area contributed by atoms with Gasteiger partial charge in [0.05, 0.1) is 24.1 Å². The number of carboxylic acid groups (broad SMARTS) is 1. The molecular weight excluding hydrogens is 453 g/mol. The largest absolute Gasteiger partial charge is 0.492 e. The van der Waals surface area contributed by atoms with Crippen molar-refractivity contribution in [1.82, 2.24) is 9.47 Å². The van der Waals surface area contributed by atoms with Crippen LogP contribution in [0, 0.1) is 11.7 Å². The van der Waals surface area contributed by atoms with Crippen LogP contribution >= 0.6 is 11.6 Å². The predicted molar refractivity (Wildman–Crippen MR) is 121 cm³/mol. The molecule has 2 aromatic rings. The Morgan fingerprint density at radius 2 is 2.03 bits per heavy atom. The van der Waals surface area contributed by atoms with Gasteiger partial charge in [0.15, 0.2) is 11.6 Å². The zero-order valence-corrected chi connectivity index (χ0v) is 19.0. The molecule has 3 aliphatic rings. The molecule has 0 radical (unpaired) electrons. The lowest BCUT2D eigenvalue weighted by Gasteiger charge is -2.36. The normalized spacial score (nSPS) is 22.5. The van der Waals surface area contributed by atoms with Crippen molar-refractivity contribution in [3.05, 3.63) is 33.9 Å². The van der Waals surface area contributed by atoms with Crippen LogP contribution in [-0.4, -0.2) is 65.1 Å². The lowest BCUT2D eigenvalue weighted by atomic mass is 9.92. The summed E-state index contributed by atoms with van der Waals surface area (Å²) >= 11 is 5.81. The minimum atomic E-state index is -1.34. The monoisotopic (exact) mass is 477 g/mol. The van der Waals surface area contributed by atoms with Crippen molar-refractivity contribution >= 4 is 40.1 Å². The maximum atomic E-state index is 15.6. The Bertz CT molecular complexity index is 1210. The molecular formula is C23H25ClFN3O5. The van der Waals surface area contributed by atoms with E-state index in [2.05, 4.69) is 0 Å². The van der Waals surface area contributed by atoms with Gasteiger partial charge in [0.1, 0.15) is 17.1 Å². The van der Waals surface area contributed by atoms with Crippen LogP contribution in [0.1, 0.15) is 42.1 Å². The number of alkyl halides is 1. The predicted octanol–water partition coefficient (Wildman–Crippen LogP) is 2.85. The zero-order chi connectivity index (χ0) is 23.4. The summed E-state index contributed by atoms with van der Waals surface area (Å²) in [7, 11) is 1.43. The summed E-state index contributed by atoms with van der Waals surface area (Å²) in [6, 6.07) is 1.10. The van der Waals surface area contributed by atoms with Crippen molar-refractivity contribution in [3.63, 3.8) is 0 Å². The fourth-order valence-electron chi connectivity index (χ4n) is 5.47. The van der Waals surface area contributed by atoms with E-state index >= 15 is 4.39 Å². The smallest absolute Gasteiger partial charge is 0.341 e. The molecule has 5 rings (SSSR count). The fraction of sp³-hybridized carbons (Fsp3) is 0.522. The Morgan fingerprint density at radius 3 is 2.67 bits per heavy atom. The SMILES string of the molecule is COc1c(N2CC3CCCN(C(=O)CCl)C3C2)c(F)cc2c(=O)c(C(=O)O)cn(C3CC3)c12. The second kappa shape index (κ2) is 8.20. The van der Waals surface area contributed by atoms with E-state index in [0.29, 0.717) is 25.2 Å². The Morgan fingerprint density at radius 1 is 1.27 bits per heavy atom. The van der Waals surface area contributed by atoms with Gasteiger partial charge in [-0.05, 0) is 37.7 Å². The number of ether oxygens (including phenoxy) is 1. The number of nitrogens with zero attached hydrogens (tertiary/aromatic N) is 3. The van der Waals surface area contributed by atoms with Crippen molar-refractivity contribution in [2.45, 2.75) is 37.8 Å². The first kappa shape index (κ1) is 22.0. The number of piperidine rings is 1. The lowest BCUT2D eigenvalue weighted by molar-refractivity contribution is -0.132. The van der Waals surface area contributed by atoms with Crippen LogP contribution in [0.4, 0.5) is 10.1 Å². The number of aromatic carboxylic acids is 1. The molecule has 8 nitrogen and oxygen atoms in total. The summed E-state index contributed by atoms with van der Waals surface area (Å²) in [4.78, 5) is 40.6. The number of hydrogen-bond donors (Lipinski definition) is 1. The number of pyridine rings is 1. The highest BCUT2D eigenvalue weighted by atomic mass is 35.5. The van der Waals surface area contributed by atoms with Gasteiger partial charge in [-0.1, -0.05) is 0 Å². The highest BCUT2D eigenvalue weighted by molar-refractivity contribution is 6.27. The summed E-state index contributed by atoms with van der Waals surface area (Å²) in [5, 5.41) is 9.49. The van der Waals surface area contributed by atoms with E-state index in [-0.39, 0.29) is 52.2 Å². The van der Waals surface area contributed by atoms with E-state index in [4.69, 9.17) is 16.3 Å². The minimum absolute atomic E-state index is 0.00421. The third kappa shape index (κ3) is 3.53. The average Bonchev–Trinajstić information content (AvgIpc) is 3.55. The van der Waals surface area contributed by atoms with E-state index in [0.717, 1.165) is 31.7 Å². The number of carbonyl (C=O) groups excluding carboxylic acids is 1. The summed E-state index contributed by atoms with van der Waals surface area (Å²) in [6.07, 6.45) is 4.83. The summed E-state index contributed by atoms with van der Waals surface area (Å²) in [5.41, 5.74) is -0.456. The zero-order valence-electron chi connectivity index (χ0n) is 18.2. The fourth-order valence-corrected chi connectivity index (χ4v) is 5.63. The van der Waals surface area contributed by atoms with Crippen LogP contribution in [0.25, 0.3) is 10.9 Å².